The molecule has 0 radical (unpaired) electrons. The molecule has 190 valence electrons. The van der Waals surface area contributed by atoms with Gasteiger partial charge >= 0.3 is 12.0 Å². The molecular weight excluding hydrogens is 466 g/mol. The first-order valence-electron chi connectivity index (χ1n) is 11.7. The Morgan fingerprint density at radius 1 is 1.06 bits per heavy atom. The third-order valence-corrected chi connectivity index (χ3v) is 6.22. The van der Waals surface area contributed by atoms with E-state index in [1.165, 1.54) is 17.0 Å². The zero-order valence-corrected chi connectivity index (χ0v) is 19.6. The number of carbonyl (C=O) groups is 2. The monoisotopic (exact) mass is 495 g/mol. The predicted molar refractivity (Wildman–Crippen MR) is 128 cm³/mol. The van der Waals surface area contributed by atoms with Crippen molar-refractivity contribution in [2.24, 2.45) is 5.73 Å². The molecule has 1 aliphatic rings. The summed E-state index contributed by atoms with van der Waals surface area (Å²) in [5, 5.41) is 39.2. The standard InChI is InChI=1S/C25H29N5O6/c26-19(12-7-15-3-8-17(31)9-4-15)22-28-29-23(36-22)21-2-1-13-30(21)25(35)27-20(24(33)34)14-16-5-10-18(32)11-6-16/h3-6,8-11,19-21,31-32H,1-2,7,12-14,26H2,(H,27,35)(H,33,34)/t19-,20-,21-/m0/s1. The van der Waals surface area contributed by atoms with Gasteiger partial charge in [0.2, 0.25) is 11.8 Å². The number of nitrogens with one attached hydrogen (secondary N) is 1. The number of carbonyl (C=O) groups excluding carboxylic acids is 1. The van der Waals surface area contributed by atoms with E-state index in [0.29, 0.717) is 37.8 Å². The van der Waals surface area contributed by atoms with Crippen LogP contribution in [-0.2, 0) is 17.6 Å². The molecule has 1 aliphatic heterocycles. The predicted octanol–water partition coefficient (Wildman–Crippen LogP) is 2.66. The highest BCUT2D eigenvalue weighted by atomic mass is 16.4. The van der Waals surface area contributed by atoms with E-state index in [1.54, 1.807) is 24.3 Å². The van der Waals surface area contributed by atoms with Gasteiger partial charge in [-0.2, -0.15) is 0 Å². The van der Waals surface area contributed by atoms with Crippen LogP contribution in [0, 0.1) is 0 Å². The van der Waals surface area contributed by atoms with Crippen molar-refractivity contribution < 1.29 is 29.3 Å². The van der Waals surface area contributed by atoms with E-state index < -0.39 is 30.1 Å². The lowest BCUT2D eigenvalue weighted by atomic mass is 10.1. The number of aromatic hydroxyl groups is 2. The second-order valence-corrected chi connectivity index (χ2v) is 8.85. The molecule has 3 aromatic rings. The van der Waals surface area contributed by atoms with Crippen LogP contribution in [0.5, 0.6) is 11.5 Å². The second kappa shape index (κ2) is 11.1. The third kappa shape index (κ3) is 6.11. The highest BCUT2D eigenvalue weighted by Crippen LogP contribution is 2.32. The molecule has 1 saturated heterocycles. The lowest BCUT2D eigenvalue weighted by molar-refractivity contribution is -0.139. The van der Waals surface area contributed by atoms with Crippen LogP contribution in [0.1, 0.15) is 54.3 Å². The Morgan fingerprint density at radius 3 is 2.33 bits per heavy atom. The minimum Gasteiger partial charge on any atom is -0.508 e. The molecule has 1 aromatic heterocycles. The van der Waals surface area contributed by atoms with Crippen molar-refractivity contribution in [3.8, 4) is 11.5 Å². The topological polar surface area (TPSA) is 175 Å². The van der Waals surface area contributed by atoms with Crippen LogP contribution in [-0.4, -0.2) is 55.0 Å². The molecule has 3 atom stereocenters. The minimum absolute atomic E-state index is 0.0699. The summed E-state index contributed by atoms with van der Waals surface area (Å²) in [5.41, 5.74) is 7.93. The van der Waals surface area contributed by atoms with Gasteiger partial charge in [0.15, 0.2) is 0 Å². The first kappa shape index (κ1) is 25.0. The number of phenols is 2. The van der Waals surface area contributed by atoms with E-state index in [1.807, 2.05) is 12.1 Å². The van der Waals surface area contributed by atoms with Crippen molar-refractivity contribution >= 4 is 12.0 Å². The highest BCUT2D eigenvalue weighted by molar-refractivity contribution is 5.83. The smallest absolute Gasteiger partial charge is 0.326 e. The Balaban J connectivity index is 1.37. The maximum atomic E-state index is 13.0. The van der Waals surface area contributed by atoms with Crippen LogP contribution in [0.3, 0.4) is 0 Å². The summed E-state index contributed by atoms with van der Waals surface area (Å²) in [4.78, 5) is 26.3. The van der Waals surface area contributed by atoms with Gasteiger partial charge in [-0.05, 0) is 61.1 Å². The fourth-order valence-electron chi connectivity index (χ4n) is 4.21. The molecule has 11 nitrogen and oxygen atoms in total. The van der Waals surface area contributed by atoms with E-state index in [-0.39, 0.29) is 29.7 Å². The molecule has 2 amide bonds. The SMILES string of the molecule is N[C@@H](CCc1ccc(O)cc1)c1nnc([C@@H]2CCCN2C(=O)N[C@@H](Cc2ccc(O)cc2)C(=O)O)o1. The largest absolute Gasteiger partial charge is 0.508 e. The summed E-state index contributed by atoms with van der Waals surface area (Å²) in [6.45, 7) is 0.423. The van der Waals surface area contributed by atoms with E-state index in [0.717, 1.165) is 5.56 Å². The number of urea groups is 1. The van der Waals surface area contributed by atoms with Crippen molar-refractivity contribution in [3.05, 3.63) is 71.4 Å². The Kier molecular flexibility index (Phi) is 7.69. The van der Waals surface area contributed by atoms with Gasteiger partial charge in [0.05, 0.1) is 6.04 Å². The second-order valence-electron chi connectivity index (χ2n) is 8.85. The van der Waals surface area contributed by atoms with Gasteiger partial charge in [0, 0.05) is 13.0 Å². The third-order valence-electron chi connectivity index (χ3n) is 6.22. The van der Waals surface area contributed by atoms with Crippen LogP contribution in [0.4, 0.5) is 4.79 Å². The Morgan fingerprint density at radius 2 is 1.69 bits per heavy atom. The zero-order valence-electron chi connectivity index (χ0n) is 19.6. The van der Waals surface area contributed by atoms with Crippen molar-refractivity contribution in [2.45, 2.75) is 50.2 Å². The first-order chi connectivity index (χ1) is 17.3. The molecule has 1 fully saturated rings. The van der Waals surface area contributed by atoms with Gasteiger partial charge in [0.25, 0.3) is 0 Å². The quantitative estimate of drug-likeness (QED) is 0.299. The summed E-state index contributed by atoms with van der Waals surface area (Å²) in [6, 6.07) is 10.4. The molecule has 0 unspecified atom stereocenters. The molecule has 0 spiro atoms. The van der Waals surface area contributed by atoms with Gasteiger partial charge in [-0.3, -0.25) is 0 Å². The van der Waals surface area contributed by atoms with Gasteiger partial charge in [-0.25, -0.2) is 9.59 Å². The average molecular weight is 496 g/mol. The fourth-order valence-corrected chi connectivity index (χ4v) is 4.21. The number of phenolic OH excluding ortho intramolecular Hbond substituents is 2. The number of nitrogens with zero attached hydrogens (tertiary/aromatic N) is 3. The first-order valence-corrected chi connectivity index (χ1v) is 11.7. The van der Waals surface area contributed by atoms with Crippen molar-refractivity contribution in [3.63, 3.8) is 0 Å². The van der Waals surface area contributed by atoms with E-state index in [2.05, 4.69) is 15.5 Å². The number of rotatable bonds is 9. The summed E-state index contributed by atoms with van der Waals surface area (Å²) < 4.78 is 5.83. The molecular formula is C25H29N5O6. The van der Waals surface area contributed by atoms with Crippen molar-refractivity contribution in [1.82, 2.24) is 20.4 Å². The van der Waals surface area contributed by atoms with Gasteiger partial charge in [0.1, 0.15) is 23.6 Å². The van der Waals surface area contributed by atoms with E-state index >= 15 is 0 Å². The fraction of sp³-hybridized carbons (Fsp3) is 0.360. The normalized spacial score (nSPS) is 17.0. The molecule has 4 rings (SSSR count). The summed E-state index contributed by atoms with van der Waals surface area (Å²) in [7, 11) is 0. The van der Waals surface area contributed by atoms with Gasteiger partial charge in [-0.1, -0.05) is 24.3 Å². The number of benzene rings is 2. The summed E-state index contributed by atoms with van der Waals surface area (Å²) in [5.74, 6) is -0.347. The number of carboxylic acid groups (broad SMARTS) is 1. The molecule has 6 N–H and O–H groups in total. The number of aromatic nitrogens is 2. The van der Waals surface area contributed by atoms with Crippen LogP contribution in [0.25, 0.3) is 0 Å². The summed E-state index contributed by atoms with van der Waals surface area (Å²) >= 11 is 0. The average Bonchev–Trinajstić information content (AvgIpc) is 3.54. The number of aliphatic carboxylic acids is 1. The number of nitrogens with two attached hydrogens (primary N) is 1. The van der Waals surface area contributed by atoms with Crippen LogP contribution >= 0.6 is 0 Å². The van der Waals surface area contributed by atoms with Crippen molar-refractivity contribution in [2.75, 3.05) is 6.54 Å². The number of hydrogen-bond donors (Lipinski definition) is 5. The van der Waals surface area contributed by atoms with Crippen LogP contribution in [0.15, 0.2) is 52.9 Å². The lowest BCUT2D eigenvalue weighted by Gasteiger charge is -2.25. The van der Waals surface area contributed by atoms with Crippen LogP contribution in [0.2, 0.25) is 0 Å². The lowest BCUT2D eigenvalue weighted by Crippen LogP contribution is -2.48. The molecule has 36 heavy (non-hydrogen) atoms. The zero-order chi connectivity index (χ0) is 25.7. The Hall–Kier alpha value is -4.12. The maximum absolute atomic E-state index is 13.0. The number of amides is 2. The maximum Gasteiger partial charge on any atom is 0.326 e. The summed E-state index contributed by atoms with van der Waals surface area (Å²) in [6.07, 6.45) is 2.60. The van der Waals surface area contributed by atoms with Crippen molar-refractivity contribution in [1.29, 1.82) is 0 Å². The van der Waals surface area contributed by atoms with Crippen LogP contribution < -0.4 is 11.1 Å². The number of carboxylic acids is 1. The molecule has 0 aliphatic carbocycles. The Bertz CT molecular complexity index is 1180. The number of likely N-dealkylation sites (tertiary alicyclic amines) is 1. The molecule has 2 heterocycles. The van der Waals surface area contributed by atoms with Gasteiger partial charge in [-0.15, -0.1) is 10.2 Å². The van der Waals surface area contributed by atoms with Gasteiger partial charge < -0.3 is 35.7 Å². The minimum atomic E-state index is -1.16. The molecule has 0 bridgehead atoms. The van der Waals surface area contributed by atoms with E-state index in [4.69, 9.17) is 10.2 Å². The molecule has 0 saturated carbocycles. The number of hydrogen-bond acceptors (Lipinski definition) is 8. The van der Waals surface area contributed by atoms with E-state index in [9.17, 15) is 24.9 Å². The molecule has 2 aromatic carbocycles. The Labute approximate surface area is 207 Å². The number of aryl methyl sites for hydroxylation is 1. The highest BCUT2D eigenvalue weighted by Gasteiger charge is 2.36. The molecule has 11 heteroatoms.